The van der Waals surface area contributed by atoms with Gasteiger partial charge in [-0.25, -0.2) is 13.1 Å². The van der Waals surface area contributed by atoms with E-state index in [1.165, 1.54) is 11.3 Å². The van der Waals surface area contributed by atoms with E-state index in [-0.39, 0.29) is 6.04 Å². The molecule has 2 N–H and O–H groups in total. The van der Waals surface area contributed by atoms with Crippen LogP contribution in [0, 0.1) is 0 Å². The Balaban J connectivity index is 2.58. The summed E-state index contributed by atoms with van der Waals surface area (Å²) in [7, 11) is -1.52. The van der Waals surface area contributed by atoms with Crippen molar-refractivity contribution in [2.45, 2.75) is 37.1 Å². The Morgan fingerprint density at radius 3 is 2.79 bits per heavy atom. The Bertz CT molecular complexity index is 471. The molecule has 0 aliphatic carbocycles. The first-order valence-electron chi connectivity index (χ1n) is 6.33. The van der Waals surface area contributed by atoms with Crippen LogP contribution in [-0.2, 0) is 16.6 Å². The second-order valence-electron chi connectivity index (χ2n) is 4.26. The average Bonchev–Trinajstić information content (AvgIpc) is 2.78. The Morgan fingerprint density at radius 2 is 2.16 bits per heavy atom. The molecule has 1 atom stereocenters. The van der Waals surface area contributed by atoms with Crippen molar-refractivity contribution in [2.75, 3.05) is 18.6 Å². The van der Waals surface area contributed by atoms with Crippen LogP contribution in [-0.4, -0.2) is 33.0 Å². The molecule has 0 aliphatic heterocycles. The topological polar surface area (TPSA) is 58.2 Å². The molecule has 4 nitrogen and oxygen atoms in total. The van der Waals surface area contributed by atoms with Crippen molar-refractivity contribution < 1.29 is 8.42 Å². The van der Waals surface area contributed by atoms with Crippen molar-refractivity contribution in [3.8, 4) is 0 Å². The van der Waals surface area contributed by atoms with Crippen LogP contribution >= 0.6 is 23.1 Å². The molecule has 0 radical (unpaired) electrons. The van der Waals surface area contributed by atoms with Gasteiger partial charge < -0.3 is 5.32 Å². The van der Waals surface area contributed by atoms with Crippen LogP contribution in [0.15, 0.2) is 16.3 Å². The van der Waals surface area contributed by atoms with Gasteiger partial charge in [0.15, 0.2) is 0 Å². The van der Waals surface area contributed by atoms with Crippen molar-refractivity contribution in [3.63, 3.8) is 0 Å². The van der Waals surface area contributed by atoms with Gasteiger partial charge in [0.05, 0.1) is 0 Å². The van der Waals surface area contributed by atoms with Crippen LogP contribution in [0.25, 0.3) is 0 Å². The van der Waals surface area contributed by atoms with Gasteiger partial charge in [-0.15, -0.1) is 11.3 Å². The minimum Gasteiger partial charge on any atom is -0.315 e. The lowest BCUT2D eigenvalue weighted by Gasteiger charge is -2.12. The van der Waals surface area contributed by atoms with E-state index >= 15 is 0 Å². The molecule has 0 aliphatic rings. The molecule has 19 heavy (non-hydrogen) atoms. The van der Waals surface area contributed by atoms with Crippen molar-refractivity contribution in [1.29, 1.82) is 0 Å². The largest absolute Gasteiger partial charge is 0.315 e. The highest BCUT2D eigenvalue weighted by molar-refractivity contribution is 7.99. The second-order valence-corrected chi connectivity index (χ2v) is 8.76. The van der Waals surface area contributed by atoms with Crippen LogP contribution in [0.5, 0.6) is 0 Å². The van der Waals surface area contributed by atoms with E-state index in [0.717, 1.165) is 22.8 Å². The summed E-state index contributed by atoms with van der Waals surface area (Å²) in [6.07, 6.45) is 0.854. The molecule has 0 fully saturated rings. The quantitative estimate of drug-likeness (QED) is 0.685. The van der Waals surface area contributed by atoms with E-state index in [0.29, 0.717) is 10.8 Å². The van der Waals surface area contributed by atoms with Crippen molar-refractivity contribution >= 4 is 33.1 Å². The lowest BCUT2D eigenvalue weighted by Crippen LogP contribution is -2.32. The van der Waals surface area contributed by atoms with Gasteiger partial charge in [0.25, 0.3) is 0 Å². The minimum atomic E-state index is -3.36. The van der Waals surface area contributed by atoms with E-state index in [9.17, 15) is 8.42 Å². The van der Waals surface area contributed by atoms with Gasteiger partial charge in [-0.2, -0.15) is 11.8 Å². The predicted molar refractivity (Wildman–Crippen MR) is 84.5 cm³/mol. The average molecular weight is 323 g/mol. The third-order valence-electron chi connectivity index (χ3n) is 2.51. The molecular weight excluding hydrogens is 300 g/mol. The molecule has 7 heteroatoms. The third-order valence-corrected chi connectivity index (χ3v) is 6.61. The monoisotopic (exact) mass is 322 g/mol. The fourth-order valence-corrected chi connectivity index (χ4v) is 5.03. The number of hydrogen-bond acceptors (Lipinski definition) is 5. The van der Waals surface area contributed by atoms with E-state index in [2.05, 4.69) is 17.0 Å². The molecule has 1 unspecified atom stereocenters. The Morgan fingerprint density at radius 1 is 1.42 bits per heavy atom. The Labute approximate surface area is 124 Å². The summed E-state index contributed by atoms with van der Waals surface area (Å²) in [5.74, 6) is 2.05. The van der Waals surface area contributed by atoms with Gasteiger partial charge in [0.1, 0.15) is 4.21 Å². The molecule has 0 bridgehead atoms. The van der Waals surface area contributed by atoms with Gasteiger partial charge >= 0.3 is 0 Å². The lowest BCUT2D eigenvalue weighted by atomic mass is 10.3. The summed E-state index contributed by atoms with van der Waals surface area (Å²) in [5.41, 5.74) is 0. The highest BCUT2D eigenvalue weighted by Gasteiger charge is 2.19. The number of rotatable bonds is 9. The standard InChI is InChI=1S/C12H22N2O2S3/c1-4-17-8-7-10(2)14-19(15,16)12-6-5-11(18-12)9-13-3/h5-6,10,13-14H,4,7-9H2,1-3H3. The number of nitrogens with one attached hydrogen (secondary N) is 2. The number of thioether (sulfide) groups is 1. The summed E-state index contributed by atoms with van der Waals surface area (Å²) >= 11 is 3.15. The fourth-order valence-electron chi connectivity index (χ4n) is 1.56. The first-order valence-corrected chi connectivity index (χ1v) is 9.78. The second kappa shape index (κ2) is 8.26. The number of hydrogen-bond donors (Lipinski definition) is 2. The maximum Gasteiger partial charge on any atom is 0.250 e. The smallest absolute Gasteiger partial charge is 0.250 e. The van der Waals surface area contributed by atoms with Crippen molar-refractivity contribution in [3.05, 3.63) is 17.0 Å². The van der Waals surface area contributed by atoms with Crippen LogP contribution in [0.1, 0.15) is 25.1 Å². The van der Waals surface area contributed by atoms with Crippen LogP contribution in [0.4, 0.5) is 0 Å². The maximum absolute atomic E-state index is 12.2. The van der Waals surface area contributed by atoms with E-state index in [1.807, 2.05) is 31.8 Å². The molecule has 1 aromatic heterocycles. The molecule has 0 spiro atoms. The third kappa shape index (κ3) is 5.83. The van der Waals surface area contributed by atoms with Gasteiger partial charge in [-0.3, -0.25) is 0 Å². The lowest BCUT2D eigenvalue weighted by molar-refractivity contribution is 0.559. The molecule has 1 rings (SSSR count). The zero-order chi connectivity index (χ0) is 14.3. The first kappa shape index (κ1) is 17.0. The van der Waals surface area contributed by atoms with Gasteiger partial charge in [-0.1, -0.05) is 6.92 Å². The maximum atomic E-state index is 12.2. The highest BCUT2D eigenvalue weighted by Crippen LogP contribution is 2.21. The zero-order valence-corrected chi connectivity index (χ0v) is 14.1. The molecule has 1 heterocycles. The van der Waals surface area contributed by atoms with Gasteiger partial charge in [-0.05, 0) is 44.0 Å². The van der Waals surface area contributed by atoms with Crippen LogP contribution < -0.4 is 10.0 Å². The molecule has 1 aromatic rings. The molecule has 0 saturated heterocycles. The van der Waals surface area contributed by atoms with Gasteiger partial charge in [0, 0.05) is 17.5 Å². The molecule has 0 amide bonds. The summed E-state index contributed by atoms with van der Waals surface area (Å²) in [4.78, 5) is 1.03. The molecule has 110 valence electrons. The minimum absolute atomic E-state index is 0.0288. The summed E-state index contributed by atoms with van der Waals surface area (Å²) in [6, 6.07) is 3.50. The summed E-state index contributed by atoms with van der Waals surface area (Å²) in [5, 5.41) is 3.02. The molecular formula is C12H22N2O2S3. The highest BCUT2D eigenvalue weighted by atomic mass is 32.2. The normalized spacial score (nSPS) is 13.6. The SMILES string of the molecule is CCSCCC(C)NS(=O)(=O)c1ccc(CNC)s1. The summed E-state index contributed by atoms with van der Waals surface area (Å²) in [6.45, 7) is 4.72. The molecule has 0 aromatic carbocycles. The van der Waals surface area contributed by atoms with Crippen molar-refractivity contribution in [1.82, 2.24) is 10.0 Å². The number of sulfonamides is 1. The van der Waals surface area contributed by atoms with E-state index in [4.69, 9.17) is 0 Å². The van der Waals surface area contributed by atoms with Gasteiger partial charge in [0.2, 0.25) is 10.0 Å². The number of thiophene rings is 1. The predicted octanol–water partition coefficient (Wildman–Crippen LogP) is 2.28. The van der Waals surface area contributed by atoms with Crippen LogP contribution in [0.2, 0.25) is 0 Å². The Kier molecular flexibility index (Phi) is 7.38. The fraction of sp³-hybridized carbons (Fsp3) is 0.667. The van der Waals surface area contributed by atoms with E-state index in [1.54, 1.807) is 6.07 Å². The zero-order valence-electron chi connectivity index (χ0n) is 11.6. The van der Waals surface area contributed by atoms with Crippen LogP contribution in [0.3, 0.4) is 0 Å². The van der Waals surface area contributed by atoms with Crippen molar-refractivity contribution in [2.24, 2.45) is 0 Å². The first-order chi connectivity index (χ1) is 8.99. The van der Waals surface area contributed by atoms with E-state index < -0.39 is 10.0 Å². The Hall–Kier alpha value is -0.0800. The summed E-state index contributed by atoms with van der Waals surface area (Å²) < 4.78 is 27.5. The molecule has 0 saturated carbocycles.